The van der Waals surface area contributed by atoms with Gasteiger partial charge in [0, 0.05) is 18.0 Å². The van der Waals surface area contributed by atoms with Gasteiger partial charge in [0.2, 0.25) is 10.0 Å². The molecule has 0 bridgehead atoms. The maximum atomic E-state index is 12.2. The summed E-state index contributed by atoms with van der Waals surface area (Å²) in [4.78, 5) is 13.6. The molecule has 8 nitrogen and oxygen atoms in total. The van der Waals surface area contributed by atoms with E-state index in [0.29, 0.717) is 5.69 Å². The Bertz CT molecular complexity index is 762. The zero-order valence-corrected chi connectivity index (χ0v) is 11.6. The van der Waals surface area contributed by atoms with E-state index in [-0.39, 0.29) is 12.2 Å². The minimum Gasteiger partial charge on any atom is -0.399 e. The van der Waals surface area contributed by atoms with Gasteiger partial charge in [-0.25, -0.2) is 13.1 Å². The molecule has 0 aliphatic carbocycles. The molecule has 0 fully saturated rings. The number of aromatic nitrogens is 1. The molecule has 0 radical (unpaired) electrons. The number of benzene rings is 1. The van der Waals surface area contributed by atoms with Crippen LogP contribution in [0.2, 0.25) is 0 Å². The summed E-state index contributed by atoms with van der Waals surface area (Å²) in [6.45, 7) is -0.0743. The van der Waals surface area contributed by atoms with E-state index in [1.165, 1.54) is 12.3 Å². The fraction of sp³-hybridized carbons (Fsp3) is 0.0833. The van der Waals surface area contributed by atoms with Gasteiger partial charge in [-0.15, -0.1) is 0 Å². The highest BCUT2D eigenvalue weighted by Gasteiger charge is 2.25. The van der Waals surface area contributed by atoms with Gasteiger partial charge in [0.25, 0.3) is 5.69 Å². The number of nitro benzene ring substituents is 1. The number of hydrogen-bond donors (Lipinski definition) is 2. The number of rotatable bonds is 5. The molecule has 1 aromatic carbocycles. The van der Waals surface area contributed by atoms with Crippen LogP contribution >= 0.6 is 0 Å². The van der Waals surface area contributed by atoms with Crippen molar-refractivity contribution in [3.63, 3.8) is 0 Å². The SMILES string of the molecule is Nc1ccc([N+](=O)[O-])c(S(=O)(=O)NCc2ccccn2)c1. The number of nitrogens with two attached hydrogens (primary N) is 1. The zero-order chi connectivity index (χ0) is 15.5. The zero-order valence-electron chi connectivity index (χ0n) is 10.8. The highest BCUT2D eigenvalue weighted by Crippen LogP contribution is 2.25. The summed E-state index contributed by atoms with van der Waals surface area (Å²) in [5.41, 5.74) is 5.59. The molecule has 0 unspecified atom stereocenters. The lowest BCUT2D eigenvalue weighted by molar-refractivity contribution is -0.387. The third-order valence-corrected chi connectivity index (χ3v) is 4.07. The minimum absolute atomic E-state index is 0.0743. The van der Waals surface area contributed by atoms with Crippen molar-refractivity contribution in [1.29, 1.82) is 0 Å². The third kappa shape index (κ3) is 3.52. The van der Waals surface area contributed by atoms with Gasteiger partial charge in [-0.1, -0.05) is 6.07 Å². The van der Waals surface area contributed by atoms with Gasteiger partial charge < -0.3 is 5.73 Å². The summed E-state index contributed by atoms with van der Waals surface area (Å²) in [5.74, 6) is 0. The lowest BCUT2D eigenvalue weighted by Crippen LogP contribution is -2.24. The molecule has 0 atom stereocenters. The van der Waals surface area contributed by atoms with E-state index in [4.69, 9.17) is 5.73 Å². The maximum Gasteiger partial charge on any atom is 0.289 e. The fourth-order valence-electron chi connectivity index (χ4n) is 1.65. The summed E-state index contributed by atoms with van der Waals surface area (Å²) in [5, 5.41) is 10.9. The number of nitro groups is 1. The van der Waals surface area contributed by atoms with E-state index in [1.807, 2.05) is 0 Å². The van der Waals surface area contributed by atoms with Crippen molar-refractivity contribution >= 4 is 21.4 Å². The van der Waals surface area contributed by atoms with E-state index in [0.717, 1.165) is 12.1 Å². The number of hydrogen-bond acceptors (Lipinski definition) is 6. The quantitative estimate of drug-likeness (QED) is 0.482. The molecule has 9 heteroatoms. The van der Waals surface area contributed by atoms with Gasteiger partial charge in [0.15, 0.2) is 4.90 Å². The second kappa shape index (κ2) is 5.85. The molecule has 0 amide bonds. The van der Waals surface area contributed by atoms with E-state index in [2.05, 4.69) is 9.71 Å². The van der Waals surface area contributed by atoms with Crippen LogP contribution in [0.4, 0.5) is 11.4 Å². The first-order valence-electron chi connectivity index (χ1n) is 5.83. The molecule has 0 aliphatic heterocycles. The number of pyridine rings is 1. The Morgan fingerprint density at radius 3 is 2.67 bits per heavy atom. The largest absolute Gasteiger partial charge is 0.399 e. The summed E-state index contributed by atoms with van der Waals surface area (Å²) in [6, 6.07) is 8.43. The first-order chi connectivity index (χ1) is 9.90. The van der Waals surface area contributed by atoms with Crippen molar-refractivity contribution in [2.75, 3.05) is 5.73 Å². The predicted molar refractivity (Wildman–Crippen MR) is 75.8 cm³/mol. The van der Waals surface area contributed by atoms with Crippen LogP contribution in [0.1, 0.15) is 5.69 Å². The van der Waals surface area contributed by atoms with E-state index < -0.39 is 25.5 Å². The first kappa shape index (κ1) is 14.9. The van der Waals surface area contributed by atoms with Crippen molar-refractivity contribution in [2.45, 2.75) is 11.4 Å². The Kier molecular flexibility index (Phi) is 4.15. The van der Waals surface area contributed by atoms with Gasteiger partial charge in [-0.3, -0.25) is 15.1 Å². The molecule has 0 saturated heterocycles. The van der Waals surface area contributed by atoms with Gasteiger partial charge in [0.05, 0.1) is 17.2 Å². The molecule has 110 valence electrons. The average Bonchev–Trinajstić information content (AvgIpc) is 2.46. The lowest BCUT2D eigenvalue weighted by Gasteiger charge is -2.07. The Hall–Kier alpha value is -2.52. The average molecular weight is 308 g/mol. The number of nitrogens with one attached hydrogen (secondary N) is 1. The van der Waals surface area contributed by atoms with Crippen LogP contribution in [-0.4, -0.2) is 18.3 Å². The van der Waals surface area contributed by atoms with Crippen LogP contribution in [-0.2, 0) is 16.6 Å². The predicted octanol–water partition coefficient (Wildman–Crippen LogP) is 1.05. The summed E-state index contributed by atoms with van der Waals surface area (Å²) in [6.07, 6.45) is 1.52. The number of nitrogens with zero attached hydrogens (tertiary/aromatic N) is 2. The first-order valence-corrected chi connectivity index (χ1v) is 7.32. The molecule has 0 spiro atoms. The fourth-order valence-corrected chi connectivity index (χ4v) is 2.85. The van der Waals surface area contributed by atoms with Gasteiger partial charge in [-0.2, -0.15) is 0 Å². The van der Waals surface area contributed by atoms with Crippen LogP contribution in [0.5, 0.6) is 0 Å². The molecule has 2 aromatic rings. The number of sulfonamides is 1. The molecule has 0 saturated carbocycles. The number of nitrogen functional groups attached to an aromatic ring is 1. The summed E-state index contributed by atoms with van der Waals surface area (Å²) < 4.78 is 26.6. The highest BCUT2D eigenvalue weighted by atomic mass is 32.2. The van der Waals surface area contributed by atoms with Crippen LogP contribution in [0, 0.1) is 10.1 Å². The second-order valence-corrected chi connectivity index (χ2v) is 5.87. The topological polar surface area (TPSA) is 128 Å². The van der Waals surface area contributed by atoms with Crippen molar-refractivity contribution in [1.82, 2.24) is 9.71 Å². The molecule has 1 heterocycles. The Labute approximate surface area is 120 Å². The van der Waals surface area contributed by atoms with E-state index in [9.17, 15) is 18.5 Å². The molecular formula is C12H12N4O4S. The smallest absolute Gasteiger partial charge is 0.289 e. The van der Waals surface area contributed by atoms with Crippen molar-refractivity contribution in [2.24, 2.45) is 0 Å². The molecule has 21 heavy (non-hydrogen) atoms. The van der Waals surface area contributed by atoms with Crippen LogP contribution < -0.4 is 10.5 Å². The summed E-state index contributed by atoms with van der Waals surface area (Å²) >= 11 is 0. The van der Waals surface area contributed by atoms with Crippen LogP contribution in [0.3, 0.4) is 0 Å². The Balaban J connectivity index is 2.31. The summed E-state index contributed by atoms with van der Waals surface area (Å²) in [7, 11) is -4.07. The van der Waals surface area contributed by atoms with Gasteiger partial charge in [0.1, 0.15) is 0 Å². The van der Waals surface area contributed by atoms with Crippen LogP contribution in [0.25, 0.3) is 0 Å². The van der Waals surface area contributed by atoms with Gasteiger partial charge >= 0.3 is 0 Å². The molecule has 1 aromatic heterocycles. The van der Waals surface area contributed by atoms with Crippen molar-refractivity contribution in [3.05, 3.63) is 58.4 Å². The van der Waals surface area contributed by atoms with E-state index >= 15 is 0 Å². The molecule has 2 rings (SSSR count). The molecular weight excluding hydrogens is 296 g/mol. The second-order valence-electron chi connectivity index (χ2n) is 4.13. The normalized spacial score (nSPS) is 11.2. The maximum absolute atomic E-state index is 12.2. The molecule has 0 aliphatic rings. The van der Waals surface area contributed by atoms with Crippen molar-refractivity contribution < 1.29 is 13.3 Å². The Morgan fingerprint density at radius 2 is 2.05 bits per heavy atom. The van der Waals surface area contributed by atoms with Crippen molar-refractivity contribution in [3.8, 4) is 0 Å². The highest BCUT2D eigenvalue weighted by molar-refractivity contribution is 7.89. The standard InChI is InChI=1S/C12H12N4O4S/c13-9-4-5-11(16(17)18)12(7-9)21(19,20)15-8-10-3-1-2-6-14-10/h1-7,15H,8,13H2. The minimum atomic E-state index is -4.07. The van der Waals surface area contributed by atoms with Gasteiger partial charge in [-0.05, 0) is 24.3 Å². The lowest BCUT2D eigenvalue weighted by atomic mass is 10.3. The van der Waals surface area contributed by atoms with Crippen LogP contribution in [0.15, 0.2) is 47.5 Å². The molecule has 3 N–H and O–H groups in total. The Morgan fingerprint density at radius 1 is 1.29 bits per heavy atom. The number of anilines is 1. The third-order valence-electron chi connectivity index (χ3n) is 2.64. The monoisotopic (exact) mass is 308 g/mol. The van der Waals surface area contributed by atoms with E-state index in [1.54, 1.807) is 18.2 Å².